The van der Waals surface area contributed by atoms with Crippen LogP contribution in [0.25, 0.3) is 0 Å². The van der Waals surface area contributed by atoms with Gasteiger partial charge in [0.15, 0.2) is 0 Å². The first-order chi connectivity index (χ1) is 7.38. The summed E-state index contributed by atoms with van der Waals surface area (Å²) in [6.45, 7) is 0.374. The molecule has 0 bridgehead atoms. The summed E-state index contributed by atoms with van der Waals surface area (Å²) in [6, 6.07) is 1.73. The zero-order valence-corrected chi connectivity index (χ0v) is 11.9. The van der Waals surface area contributed by atoms with Gasteiger partial charge in [-0.05, 0) is 28.4 Å². The van der Waals surface area contributed by atoms with Crippen molar-refractivity contribution in [3.63, 3.8) is 0 Å². The number of hydrogen-bond donors (Lipinski definition) is 1. The molecule has 7 heteroatoms. The Hall–Kier alpha value is -0.400. The summed E-state index contributed by atoms with van der Waals surface area (Å²) in [5, 5.41) is 4.41. The summed E-state index contributed by atoms with van der Waals surface area (Å²) in [5.74, 6) is -0.0730. The third-order valence-corrected chi connectivity index (χ3v) is 4.34. The Labute approximate surface area is 107 Å². The highest BCUT2D eigenvalue weighted by Crippen LogP contribution is 2.20. The summed E-state index contributed by atoms with van der Waals surface area (Å²) in [4.78, 5) is 11.5. The molecule has 0 fully saturated rings. The van der Waals surface area contributed by atoms with Crippen LogP contribution in [-0.4, -0.2) is 32.9 Å². The molecule has 1 aromatic rings. The van der Waals surface area contributed by atoms with Crippen LogP contribution in [0.15, 0.2) is 15.2 Å². The van der Waals surface area contributed by atoms with Crippen LogP contribution in [0.5, 0.6) is 0 Å². The molecule has 16 heavy (non-hydrogen) atoms. The Bertz CT molecular complexity index is 467. The second kappa shape index (κ2) is 5.79. The van der Waals surface area contributed by atoms with E-state index in [1.165, 1.54) is 17.6 Å². The topological polar surface area (TPSA) is 63.2 Å². The number of nitrogens with one attached hydrogen (secondary N) is 1. The Morgan fingerprint density at radius 3 is 2.75 bits per heavy atom. The number of carbonyl (C=O) groups excluding carboxylic acids is 1. The van der Waals surface area contributed by atoms with Gasteiger partial charge in [0.1, 0.15) is 9.84 Å². The smallest absolute Gasteiger partial charge is 0.252 e. The van der Waals surface area contributed by atoms with Crippen LogP contribution >= 0.6 is 27.3 Å². The van der Waals surface area contributed by atoms with E-state index in [0.717, 1.165) is 3.79 Å². The van der Waals surface area contributed by atoms with Crippen molar-refractivity contribution in [3.8, 4) is 0 Å². The lowest BCUT2D eigenvalue weighted by Crippen LogP contribution is -2.25. The van der Waals surface area contributed by atoms with Crippen molar-refractivity contribution in [1.82, 2.24) is 5.32 Å². The molecule has 1 aromatic heterocycles. The van der Waals surface area contributed by atoms with E-state index in [-0.39, 0.29) is 11.7 Å². The molecule has 4 nitrogen and oxygen atoms in total. The first-order valence-corrected chi connectivity index (χ1v) is 8.32. The molecule has 0 radical (unpaired) electrons. The van der Waals surface area contributed by atoms with Gasteiger partial charge in [-0.25, -0.2) is 8.42 Å². The number of hydrogen-bond acceptors (Lipinski definition) is 4. The molecule has 0 aromatic carbocycles. The first-order valence-electron chi connectivity index (χ1n) is 4.58. The van der Waals surface area contributed by atoms with Crippen molar-refractivity contribution in [2.45, 2.75) is 6.42 Å². The van der Waals surface area contributed by atoms with Crippen LogP contribution in [0.1, 0.15) is 16.8 Å². The van der Waals surface area contributed by atoms with Crippen molar-refractivity contribution in [2.24, 2.45) is 0 Å². The molecule has 90 valence electrons. The van der Waals surface area contributed by atoms with E-state index in [0.29, 0.717) is 18.5 Å². The predicted octanol–water partition coefficient (Wildman–Crippen LogP) is 1.68. The average Bonchev–Trinajstić information content (AvgIpc) is 2.57. The molecule has 0 aliphatic rings. The third-order valence-electron chi connectivity index (χ3n) is 1.81. The SMILES string of the molecule is CS(=O)(=O)CCCNC(=O)c1csc(Br)c1. The van der Waals surface area contributed by atoms with E-state index in [4.69, 9.17) is 0 Å². The number of rotatable bonds is 5. The summed E-state index contributed by atoms with van der Waals surface area (Å²) in [6.07, 6.45) is 1.63. The summed E-state index contributed by atoms with van der Waals surface area (Å²) in [7, 11) is -2.94. The second-order valence-electron chi connectivity index (χ2n) is 3.38. The Kier molecular flexibility index (Phi) is 4.94. The lowest BCUT2D eigenvalue weighted by atomic mass is 10.3. The molecule has 1 heterocycles. The predicted molar refractivity (Wildman–Crippen MR) is 68.7 cm³/mol. The Balaban J connectivity index is 2.31. The molecule has 0 unspecified atom stereocenters. The summed E-state index contributed by atoms with van der Waals surface area (Å²) >= 11 is 4.70. The molecule has 0 atom stereocenters. The first kappa shape index (κ1) is 13.7. The van der Waals surface area contributed by atoms with Gasteiger partial charge in [-0.1, -0.05) is 0 Å². The quantitative estimate of drug-likeness (QED) is 0.838. The van der Waals surface area contributed by atoms with Gasteiger partial charge in [-0.3, -0.25) is 4.79 Å². The molecular formula is C9H12BrNO3S2. The van der Waals surface area contributed by atoms with Gasteiger partial charge in [-0.2, -0.15) is 0 Å². The molecule has 0 saturated heterocycles. The molecule has 0 aliphatic heterocycles. The molecule has 0 saturated carbocycles. The highest BCUT2D eigenvalue weighted by atomic mass is 79.9. The molecule has 1 N–H and O–H groups in total. The molecule has 0 aliphatic carbocycles. The van der Waals surface area contributed by atoms with Crippen molar-refractivity contribution >= 4 is 43.0 Å². The molecule has 1 rings (SSSR count). The maximum Gasteiger partial charge on any atom is 0.252 e. The van der Waals surface area contributed by atoms with E-state index in [2.05, 4.69) is 21.2 Å². The van der Waals surface area contributed by atoms with Gasteiger partial charge < -0.3 is 5.32 Å². The fourth-order valence-corrected chi connectivity index (χ4v) is 2.87. The summed E-state index contributed by atoms with van der Waals surface area (Å²) < 4.78 is 22.6. The fourth-order valence-electron chi connectivity index (χ4n) is 1.07. The average molecular weight is 326 g/mol. The van der Waals surface area contributed by atoms with Gasteiger partial charge in [0.25, 0.3) is 5.91 Å². The van der Waals surface area contributed by atoms with E-state index < -0.39 is 9.84 Å². The third kappa shape index (κ3) is 5.09. The molecule has 0 spiro atoms. The van der Waals surface area contributed by atoms with E-state index in [9.17, 15) is 13.2 Å². The lowest BCUT2D eigenvalue weighted by Gasteiger charge is -2.02. The highest BCUT2D eigenvalue weighted by molar-refractivity contribution is 9.11. The van der Waals surface area contributed by atoms with Gasteiger partial charge >= 0.3 is 0 Å². The molecular weight excluding hydrogens is 314 g/mol. The highest BCUT2D eigenvalue weighted by Gasteiger charge is 2.07. The largest absolute Gasteiger partial charge is 0.352 e. The second-order valence-corrected chi connectivity index (χ2v) is 7.93. The minimum atomic E-state index is -2.94. The summed E-state index contributed by atoms with van der Waals surface area (Å²) in [5.41, 5.74) is 0.594. The normalized spacial score (nSPS) is 11.4. The van der Waals surface area contributed by atoms with Crippen LogP contribution in [0, 0.1) is 0 Å². The van der Waals surface area contributed by atoms with E-state index in [1.54, 1.807) is 11.4 Å². The van der Waals surface area contributed by atoms with Gasteiger partial charge in [0.05, 0.1) is 15.1 Å². The van der Waals surface area contributed by atoms with Crippen LogP contribution in [-0.2, 0) is 9.84 Å². The standard InChI is InChI=1S/C9H12BrNO3S2/c1-16(13,14)4-2-3-11-9(12)7-5-8(10)15-6-7/h5-6H,2-4H2,1H3,(H,11,12). The van der Waals surface area contributed by atoms with E-state index in [1.807, 2.05) is 0 Å². The van der Waals surface area contributed by atoms with Crippen LogP contribution in [0.3, 0.4) is 0 Å². The maximum absolute atomic E-state index is 11.5. The minimum absolute atomic E-state index is 0.0978. The maximum atomic E-state index is 11.5. The van der Waals surface area contributed by atoms with Crippen molar-refractivity contribution in [2.75, 3.05) is 18.6 Å². The van der Waals surface area contributed by atoms with Crippen LogP contribution in [0.2, 0.25) is 0 Å². The van der Waals surface area contributed by atoms with Crippen LogP contribution in [0.4, 0.5) is 0 Å². The van der Waals surface area contributed by atoms with Gasteiger partial charge in [0, 0.05) is 18.2 Å². The Morgan fingerprint density at radius 2 is 2.25 bits per heavy atom. The number of amides is 1. The zero-order valence-electron chi connectivity index (χ0n) is 8.70. The number of carbonyl (C=O) groups is 1. The zero-order chi connectivity index (χ0) is 12.2. The van der Waals surface area contributed by atoms with Crippen molar-refractivity contribution in [3.05, 3.63) is 20.8 Å². The Morgan fingerprint density at radius 1 is 1.56 bits per heavy atom. The fraction of sp³-hybridized carbons (Fsp3) is 0.444. The van der Waals surface area contributed by atoms with E-state index >= 15 is 0 Å². The number of halogens is 1. The van der Waals surface area contributed by atoms with Gasteiger partial charge in [0.2, 0.25) is 0 Å². The van der Waals surface area contributed by atoms with Crippen molar-refractivity contribution in [1.29, 1.82) is 0 Å². The van der Waals surface area contributed by atoms with Crippen molar-refractivity contribution < 1.29 is 13.2 Å². The molecule has 1 amide bonds. The number of sulfone groups is 1. The van der Waals surface area contributed by atoms with Crippen LogP contribution < -0.4 is 5.32 Å². The monoisotopic (exact) mass is 325 g/mol. The number of thiophene rings is 1. The lowest BCUT2D eigenvalue weighted by molar-refractivity contribution is 0.0954. The minimum Gasteiger partial charge on any atom is -0.352 e. The van der Waals surface area contributed by atoms with Gasteiger partial charge in [-0.15, -0.1) is 11.3 Å².